The molecule has 0 spiro atoms. The maximum absolute atomic E-state index is 13.7. The lowest BCUT2D eigenvalue weighted by atomic mass is 10.3. The number of halogens is 1. The van der Waals surface area contributed by atoms with Crippen LogP contribution in [0, 0.1) is 5.82 Å². The smallest absolute Gasteiger partial charge is 0.218 e. The van der Waals surface area contributed by atoms with Gasteiger partial charge in [0.2, 0.25) is 5.88 Å². The van der Waals surface area contributed by atoms with Crippen LogP contribution in [0.2, 0.25) is 0 Å². The highest BCUT2D eigenvalue weighted by Gasteiger charge is 2.10. The summed E-state index contributed by atoms with van der Waals surface area (Å²) in [6.07, 6.45) is 1.43. The van der Waals surface area contributed by atoms with Gasteiger partial charge in [-0.25, -0.2) is 14.4 Å². The van der Waals surface area contributed by atoms with E-state index in [2.05, 4.69) is 20.6 Å². The Morgan fingerprint density at radius 3 is 2.76 bits per heavy atom. The first-order valence-electron chi connectivity index (χ1n) is 9.63. The van der Waals surface area contributed by atoms with Crippen LogP contribution >= 0.6 is 0 Å². The van der Waals surface area contributed by atoms with Gasteiger partial charge >= 0.3 is 0 Å². The Hall–Kier alpha value is -2.87. The number of benzene rings is 1. The van der Waals surface area contributed by atoms with E-state index in [1.54, 1.807) is 31.5 Å². The molecule has 29 heavy (non-hydrogen) atoms. The highest BCUT2D eigenvalue weighted by Crippen LogP contribution is 2.17. The first-order chi connectivity index (χ1) is 14.1. The fraction of sp³-hybridized carbons (Fsp3) is 0.429. The van der Waals surface area contributed by atoms with Crippen molar-refractivity contribution in [2.45, 2.75) is 26.5 Å². The predicted octanol–water partition coefficient (Wildman–Crippen LogP) is 2.77. The minimum atomic E-state index is -0.377. The molecule has 158 valence electrons. The molecule has 8 heteroatoms. The van der Waals surface area contributed by atoms with Crippen LogP contribution in [0.4, 0.5) is 4.39 Å². The largest absolute Gasteiger partial charge is 0.486 e. The molecule has 0 radical (unpaired) electrons. The van der Waals surface area contributed by atoms with Crippen molar-refractivity contribution in [2.24, 2.45) is 4.99 Å². The molecule has 2 aromatic rings. The van der Waals surface area contributed by atoms with E-state index >= 15 is 0 Å². The molecule has 1 aromatic heterocycles. The Kier molecular flexibility index (Phi) is 9.71. The fourth-order valence-corrected chi connectivity index (χ4v) is 2.44. The summed E-state index contributed by atoms with van der Waals surface area (Å²) in [5, 5.41) is 6.40. The second-order valence-corrected chi connectivity index (χ2v) is 6.24. The molecule has 0 aliphatic carbocycles. The van der Waals surface area contributed by atoms with Crippen molar-refractivity contribution in [1.82, 2.24) is 15.6 Å². The quantitative estimate of drug-likeness (QED) is 0.341. The first kappa shape index (κ1) is 22.4. The highest BCUT2D eigenvalue weighted by atomic mass is 19.1. The summed E-state index contributed by atoms with van der Waals surface area (Å²) in [5.74, 6) is 1.03. The summed E-state index contributed by atoms with van der Waals surface area (Å²) in [6, 6.07) is 10.1. The standard InChI is InChI=1S/C21H29FN4O3/c1-4-23-21(25-14-16(2)29-19-10-6-5-9-18(19)22)26-15-17-8-7-11-24-20(17)28-13-12-27-3/h5-11,16H,4,12-15H2,1-3H3,(H2,23,25,26). The molecule has 0 bridgehead atoms. The van der Waals surface area contributed by atoms with Gasteiger partial charge in [-0.3, -0.25) is 0 Å². The predicted molar refractivity (Wildman–Crippen MR) is 111 cm³/mol. The number of guanidine groups is 1. The SMILES string of the molecule is CCNC(=NCc1cccnc1OCCOC)NCC(C)Oc1ccccc1F. The number of hydrogen-bond acceptors (Lipinski definition) is 5. The monoisotopic (exact) mass is 404 g/mol. The first-order valence-corrected chi connectivity index (χ1v) is 9.63. The lowest BCUT2D eigenvalue weighted by molar-refractivity contribution is 0.143. The van der Waals surface area contributed by atoms with Crippen LogP contribution in [0.15, 0.2) is 47.6 Å². The van der Waals surface area contributed by atoms with Crippen molar-refractivity contribution in [3.05, 3.63) is 54.0 Å². The van der Waals surface area contributed by atoms with Crippen LogP contribution in [-0.2, 0) is 11.3 Å². The maximum atomic E-state index is 13.7. The summed E-state index contributed by atoms with van der Waals surface area (Å²) in [6.45, 7) is 6.33. The van der Waals surface area contributed by atoms with Crippen LogP contribution in [0.5, 0.6) is 11.6 Å². The molecule has 1 unspecified atom stereocenters. The van der Waals surface area contributed by atoms with E-state index < -0.39 is 0 Å². The topological polar surface area (TPSA) is 77.0 Å². The van der Waals surface area contributed by atoms with Gasteiger partial charge in [-0.2, -0.15) is 0 Å². The Bertz CT molecular complexity index is 773. The molecule has 7 nitrogen and oxygen atoms in total. The number of aliphatic imine (C=N–C) groups is 1. The zero-order chi connectivity index (χ0) is 20.9. The second kappa shape index (κ2) is 12.6. The minimum absolute atomic E-state index is 0.233. The molecule has 0 saturated heterocycles. The van der Waals surface area contributed by atoms with Gasteiger partial charge in [0.25, 0.3) is 0 Å². The molecule has 0 fully saturated rings. The number of nitrogens with zero attached hydrogens (tertiary/aromatic N) is 2. The lowest BCUT2D eigenvalue weighted by Gasteiger charge is -2.18. The van der Waals surface area contributed by atoms with Crippen LogP contribution < -0.4 is 20.1 Å². The number of methoxy groups -OCH3 is 1. The zero-order valence-corrected chi connectivity index (χ0v) is 17.2. The Morgan fingerprint density at radius 2 is 2.00 bits per heavy atom. The third kappa shape index (κ3) is 7.95. The van der Waals surface area contributed by atoms with Crippen LogP contribution in [0.3, 0.4) is 0 Å². The number of aromatic nitrogens is 1. The number of hydrogen-bond donors (Lipinski definition) is 2. The van der Waals surface area contributed by atoms with Gasteiger partial charge in [0.05, 0.1) is 19.7 Å². The minimum Gasteiger partial charge on any atom is -0.486 e. The molecule has 2 rings (SSSR count). The number of ether oxygens (including phenoxy) is 3. The van der Waals surface area contributed by atoms with E-state index in [1.165, 1.54) is 6.07 Å². The number of nitrogens with one attached hydrogen (secondary N) is 2. The van der Waals surface area contributed by atoms with Gasteiger partial charge < -0.3 is 24.8 Å². The molecular formula is C21H29FN4O3. The van der Waals surface area contributed by atoms with Gasteiger partial charge in [-0.05, 0) is 32.0 Å². The van der Waals surface area contributed by atoms with Crippen molar-refractivity contribution in [3.63, 3.8) is 0 Å². The molecular weight excluding hydrogens is 375 g/mol. The number of rotatable bonds is 11. The fourth-order valence-electron chi connectivity index (χ4n) is 2.44. The normalized spacial score (nSPS) is 12.3. The van der Waals surface area contributed by atoms with Gasteiger partial charge in [-0.1, -0.05) is 18.2 Å². The molecule has 0 aliphatic rings. The van der Waals surface area contributed by atoms with Gasteiger partial charge in [0.15, 0.2) is 17.5 Å². The van der Waals surface area contributed by atoms with E-state index in [0.29, 0.717) is 44.7 Å². The molecule has 1 atom stereocenters. The van der Waals surface area contributed by atoms with Gasteiger partial charge in [0.1, 0.15) is 12.7 Å². The summed E-state index contributed by atoms with van der Waals surface area (Å²) in [7, 11) is 1.62. The Balaban J connectivity index is 1.93. The van der Waals surface area contributed by atoms with E-state index in [0.717, 1.165) is 5.56 Å². The molecule has 2 N–H and O–H groups in total. The Morgan fingerprint density at radius 1 is 1.17 bits per heavy atom. The average molecular weight is 404 g/mol. The molecule has 0 aliphatic heterocycles. The summed E-state index contributed by atoms with van der Waals surface area (Å²) >= 11 is 0. The Labute approximate surface area is 171 Å². The van der Waals surface area contributed by atoms with Gasteiger partial charge in [0, 0.05) is 25.4 Å². The summed E-state index contributed by atoms with van der Waals surface area (Å²) in [4.78, 5) is 8.84. The maximum Gasteiger partial charge on any atom is 0.218 e. The summed E-state index contributed by atoms with van der Waals surface area (Å²) in [5.41, 5.74) is 0.872. The van der Waals surface area contributed by atoms with Gasteiger partial charge in [-0.15, -0.1) is 0 Å². The molecule has 0 saturated carbocycles. The van der Waals surface area contributed by atoms with Crippen molar-refractivity contribution < 1.29 is 18.6 Å². The van der Waals surface area contributed by atoms with E-state index in [-0.39, 0.29) is 17.7 Å². The van der Waals surface area contributed by atoms with Crippen molar-refractivity contribution >= 4 is 5.96 Å². The molecule has 0 amide bonds. The van der Waals surface area contributed by atoms with Crippen molar-refractivity contribution in [3.8, 4) is 11.6 Å². The van der Waals surface area contributed by atoms with E-state index in [1.807, 2.05) is 26.0 Å². The third-order valence-corrected chi connectivity index (χ3v) is 3.85. The highest BCUT2D eigenvalue weighted by molar-refractivity contribution is 5.79. The van der Waals surface area contributed by atoms with E-state index in [4.69, 9.17) is 14.2 Å². The third-order valence-electron chi connectivity index (χ3n) is 3.85. The summed E-state index contributed by atoms with van der Waals surface area (Å²) < 4.78 is 30.0. The number of para-hydroxylation sites is 1. The molecule has 1 aromatic carbocycles. The van der Waals surface area contributed by atoms with Crippen LogP contribution in [0.25, 0.3) is 0 Å². The van der Waals surface area contributed by atoms with Crippen LogP contribution in [0.1, 0.15) is 19.4 Å². The lowest BCUT2D eigenvalue weighted by Crippen LogP contribution is -2.41. The van der Waals surface area contributed by atoms with Crippen LogP contribution in [-0.4, -0.2) is 50.5 Å². The average Bonchev–Trinajstić information content (AvgIpc) is 2.73. The van der Waals surface area contributed by atoms with Crippen molar-refractivity contribution in [1.29, 1.82) is 0 Å². The second-order valence-electron chi connectivity index (χ2n) is 6.24. The number of pyridine rings is 1. The zero-order valence-electron chi connectivity index (χ0n) is 17.2. The van der Waals surface area contributed by atoms with Crippen molar-refractivity contribution in [2.75, 3.05) is 33.4 Å². The molecule has 1 heterocycles. The van der Waals surface area contributed by atoms with E-state index in [9.17, 15) is 4.39 Å².